The summed E-state index contributed by atoms with van der Waals surface area (Å²) in [5.41, 5.74) is 0.753. The second-order valence-electron chi connectivity index (χ2n) is 5.83. The molecule has 6 nitrogen and oxygen atoms in total. The van der Waals surface area contributed by atoms with E-state index in [1.165, 1.54) is 4.90 Å². The van der Waals surface area contributed by atoms with Gasteiger partial charge in [-0.1, -0.05) is 12.1 Å². The maximum absolute atomic E-state index is 13.8. The molecular weight excluding hydrogens is 346 g/mol. The van der Waals surface area contributed by atoms with Gasteiger partial charge in [-0.3, -0.25) is 9.69 Å². The van der Waals surface area contributed by atoms with Crippen molar-refractivity contribution in [1.82, 2.24) is 5.32 Å². The molecule has 0 unspecified atom stereocenters. The van der Waals surface area contributed by atoms with Crippen LogP contribution in [0.5, 0.6) is 5.75 Å². The van der Waals surface area contributed by atoms with Crippen LogP contribution in [0.4, 0.5) is 19.3 Å². The molecule has 1 saturated heterocycles. The van der Waals surface area contributed by atoms with Crippen molar-refractivity contribution < 1.29 is 28.2 Å². The molecule has 1 aliphatic heterocycles. The number of phenolic OH excluding ortho intramolecular Hbond substituents is 1. The van der Waals surface area contributed by atoms with Gasteiger partial charge >= 0.3 is 6.09 Å². The Labute approximate surface area is 148 Å². The Morgan fingerprint density at radius 3 is 2.54 bits per heavy atom. The number of hydrogen-bond acceptors (Lipinski definition) is 4. The molecule has 1 heterocycles. The van der Waals surface area contributed by atoms with Gasteiger partial charge in [0.2, 0.25) is 0 Å². The summed E-state index contributed by atoms with van der Waals surface area (Å²) in [6, 6.07) is 7.54. The number of nitrogens with one attached hydrogen (secondary N) is 1. The lowest BCUT2D eigenvalue weighted by Crippen LogP contribution is -2.28. The molecule has 8 heteroatoms. The maximum atomic E-state index is 13.8. The molecule has 1 fully saturated rings. The minimum Gasteiger partial charge on any atom is -0.507 e. The second kappa shape index (κ2) is 6.99. The molecule has 0 radical (unpaired) electrons. The number of anilines is 1. The van der Waals surface area contributed by atoms with E-state index in [4.69, 9.17) is 4.74 Å². The average Bonchev–Trinajstić information content (AvgIpc) is 3.00. The van der Waals surface area contributed by atoms with Crippen molar-refractivity contribution >= 4 is 17.7 Å². The highest BCUT2D eigenvalue weighted by atomic mass is 19.1. The fraction of sp³-hybridized carbons (Fsp3) is 0.222. The number of cyclic esters (lactones) is 1. The minimum atomic E-state index is -1.14. The summed E-state index contributed by atoms with van der Waals surface area (Å²) >= 11 is 0. The number of amides is 2. The van der Waals surface area contributed by atoms with Gasteiger partial charge in [0.25, 0.3) is 5.91 Å². The number of aromatic hydroxyl groups is 1. The molecule has 2 aromatic carbocycles. The van der Waals surface area contributed by atoms with Crippen molar-refractivity contribution in [3.63, 3.8) is 0 Å². The van der Waals surface area contributed by atoms with Crippen LogP contribution in [0.25, 0.3) is 0 Å². The van der Waals surface area contributed by atoms with Gasteiger partial charge in [-0.15, -0.1) is 0 Å². The van der Waals surface area contributed by atoms with Gasteiger partial charge in [0.1, 0.15) is 29.6 Å². The molecule has 0 aromatic heterocycles. The van der Waals surface area contributed by atoms with Crippen LogP contribution in [0.3, 0.4) is 0 Å². The number of ether oxygens (including phenoxy) is 1. The number of rotatable bonds is 4. The third-order valence-electron chi connectivity index (χ3n) is 4.07. The topological polar surface area (TPSA) is 78.9 Å². The lowest BCUT2D eigenvalue weighted by atomic mass is 10.1. The fourth-order valence-electron chi connectivity index (χ4n) is 2.71. The number of nitrogens with zero attached hydrogens (tertiary/aromatic N) is 1. The van der Waals surface area contributed by atoms with E-state index in [2.05, 4.69) is 5.32 Å². The normalized spacial score (nSPS) is 14.9. The Bertz CT molecular complexity index is 832. The average molecular weight is 362 g/mol. The van der Waals surface area contributed by atoms with Crippen molar-refractivity contribution in [2.75, 3.05) is 18.1 Å². The SMILES string of the molecule is C[C@@H](NC(=O)c1c(O)cc(F)cc1F)c1ccc(N2CCOC2=O)cc1. The van der Waals surface area contributed by atoms with E-state index >= 15 is 0 Å². The third-order valence-corrected chi connectivity index (χ3v) is 4.07. The van der Waals surface area contributed by atoms with E-state index in [-0.39, 0.29) is 0 Å². The predicted octanol–water partition coefficient (Wildman–Crippen LogP) is 3.12. The minimum absolute atomic E-state index is 0.333. The van der Waals surface area contributed by atoms with Crippen molar-refractivity contribution in [1.29, 1.82) is 0 Å². The van der Waals surface area contributed by atoms with E-state index in [9.17, 15) is 23.5 Å². The van der Waals surface area contributed by atoms with Crippen LogP contribution >= 0.6 is 0 Å². The molecule has 2 N–H and O–H groups in total. The first kappa shape index (κ1) is 17.7. The molecule has 0 saturated carbocycles. The summed E-state index contributed by atoms with van der Waals surface area (Å²) in [5, 5.41) is 12.2. The molecule has 0 bridgehead atoms. The Morgan fingerprint density at radius 1 is 1.27 bits per heavy atom. The number of phenols is 1. The van der Waals surface area contributed by atoms with Gasteiger partial charge in [-0.25, -0.2) is 13.6 Å². The summed E-state index contributed by atoms with van der Waals surface area (Å²) in [5.74, 6) is -3.74. The molecule has 0 spiro atoms. The van der Waals surface area contributed by atoms with Gasteiger partial charge in [0, 0.05) is 17.8 Å². The standard InChI is InChI=1S/C18H16F2N2O4/c1-10(21-17(24)16-14(20)8-12(19)9-15(16)23)11-2-4-13(5-3-11)22-6-7-26-18(22)25/h2-5,8-10,23H,6-7H2,1H3,(H,21,24)/t10-/m1/s1. The largest absolute Gasteiger partial charge is 0.507 e. The highest BCUT2D eigenvalue weighted by molar-refractivity contribution is 5.97. The van der Waals surface area contributed by atoms with Gasteiger partial charge in [-0.2, -0.15) is 0 Å². The van der Waals surface area contributed by atoms with Crippen LogP contribution in [-0.4, -0.2) is 30.3 Å². The highest BCUT2D eigenvalue weighted by Gasteiger charge is 2.24. The molecule has 2 amide bonds. The van der Waals surface area contributed by atoms with Crippen LogP contribution in [0.15, 0.2) is 36.4 Å². The van der Waals surface area contributed by atoms with Crippen molar-refractivity contribution in [2.45, 2.75) is 13.0 Å². The monoisotopic (exact) mass is 362 g/mol. The maximum Gasteiger partial charge on any atom is 0.414 e. The summed E-state index contributed by atoms with van der Waals surface area (Å²) in [6.07, 6.45) is -0.415. The van der Waals surface area contributed by atoms with Gasteiger partial charge < -0.3 is 15.2 Å². The number of carbonyl (C=O) groups excluding carboxylic acids is 2. The van der Waals surface area contributed by atoms with E-state index in [1.807, 2.05) is 0 Å². The van der Waals surface area contributed by atoms with Crippen LogP contribution in [-0.2, 0) is 4.74 Å². The third kappa shape index (κ3) is 3.44. The molecule has 1 aliphatic rings. The molecule has 26 heavy (non-hydrogen) atoms. The molecule has 136 valence electrons. The number of hydrogen-bond donors (Lipinski definition) is 2. The molecule has 0 aliphatic carbocycles. The second-order valence-corrected chi connectivity index (χ2v) is 5.83. The number of benzene rings is 2. The van der Waals surface area contributed by atoms with Crippen LogP contribution in [0.2, 0.25) is 0 Å². The molecular formula is C18H16F2N2O4. The highest BCUT2D eigenvalue weighted by Crippen LogP contribution is 2.25. The van der Waals surface area contributed by atoms with Crippen molar-refractivity contribution in [2.24, 2.45) is 0 Å². The Hall–Kier alpha value is -3.16. The zero-order chi connectivity index (χ0) is 18.8. The summed E-state index contributed by atoms with van der Waals surface area (Å²) in [7, 11) is 0. The summed E-state index contributed by atoms with van der Waals surface area (Å²) in [6.45, 7) is 2.48. The lowest BCUT2D eigenvalue weighted by Gasteiger charge is -2.17. The summed E-state index contributed by atoms with van der Waals surface area (Å²) < 4.78 is 31.7. The smallest absolute Gasteiger partial charge is 0.414 e. The van der Waals surface area contributed by atoms with E-state index < -0.39 is 41.0 Å². The van der Waals surface area contributed by atoms with Crippen LogP contribution in [0, 0.1) is 11.6 Å². The number of halogens is 2. The van der Waals surface area contributed by atoms with E-state index in [0.29, 0.717) is 36.5 Å². The quantitative estimate of drug-likeness (QED) is 0.876. The fourth-order valence-corrected chi connectivity index (χ4v) is 2.71. The van der Waals surface area contributed by atoms with Gasteiger partial charge in [0.05, 0.1) is 12.6 Å². The van der Waals surface area contributed by atoms with E-state index in [0.717, 1.165) is 0 Å². The first-order chi connectivity index (χ1) is 12.4. The zero-order valence-electron chi connectivity index (χ0n) is 13.8. The zero-order valence-corrected chi connectivity index (χ0v) is 13.8. The Balaban J connectivity index is 1.73. The van der Waals surface area contributed by atoms with Gasteiger partial charge in [0.15, 0.2) is 0 Å². The Kier molecular flexibility index (Phi) is 4.75. The first-order valence-corrected chi connectivity index (χ1v) is 7.90. The van der Waals surface area contributed by atoms with E-state index in [1.54, 1.807) is 31.2 Å². The van der Waals surface area contributed by atoms with Gasteiger partial charge in [-0.05, 0) is 24.6 Å². The molecule has 3 rings (SSSR count). The Morgan fingerprint density at radius 2 is 1.96 bits per heavy atom. The van der Waals surface area contributed by atoms with Crippen molar-refractivity contribution in [3.05, 3.63) is 59.2 Å². The lowest BCUT2D eigenvalue weighted by molar-refractivity contribution is 0.0932. The summed E-state index contributed by atoms with van der Waals surface area (Å²) in [4.78, 5) is 25.2. The predicted molar refractivity (Wildman–Crippen MR) is 89.0 cm³/mol. The molecule has 2 aromatic rings. The molecule has 1 atom stereocenters. The number of carbonyl (C=O) groups is 2. The van der Waals surface area contributed by atoms with Crippen molar-refractivity contribution in [3.8, 4) is 5.75 Å². The first-order valence-electron chi connectivity index (χ1n) is 7.90. The van der Waals surface area contributed by atoms with Crippen LogP contribution in [0.1, 0.15) is 28.9 Å². The van der Waals surface area contributed by atoms with Crippen LogP contribution < -0.4 is 10.2 Å².